The monoisotopic (exact) mass is 311 g/mol. The predicted octanol–water partition coefficient (Wildman–Crippen LogP) is 4.09. The molecule has 2 rings (SSSR count). The minimum Gasteiger partial charge on any atom is -0.410 e. The second-order valence-electron chi connectivity index (χ2n) is 5.85. The number of rotatable bonds is 4. The van der Waals surface area contributed by atoms with Crippen molar-refractivity contribution in [3.63, 3.8) is 0 Å². The number of benzene rings is 1. The summed E-state index contributed by atoms with van der Waals surface area (Å²) in [5, 5.41) is 0. The molecule has 0 bridgehead atoms. The van der Waals surface area contributed by atoms with Crippen LogP contribution in [0.3, 0.4) is 0 Å². The van der Waals surface area contributed by atoms with E-state index in [1.54, 1.807) is 12.1 Å². The second kappa shape index (κ2) is 7.16. The lowest BCUT2D eigenvalue weighted by molar-refractivity contribution is 0.210. The minimum atomic E-state index is -0.902. The first-order valence-corrected chi connectivity index (χ1v) is 8.50. The lowest BCUT2D eigenvalue weighted by atomic mass is 9.89. The fraction of sp³-hybridized carbons (Fsp3) is 0.562. The number of hydrogen-bond acceptors (Lipinski definition) is 3. The van der Waals surface area contributed by atoms with Gasteiger partial charge in [0.25, 0.3) is 0 Å². The van der Waals surface area contributed by atoms with Crippen molar-refractivity contribution >= 4 is 17.9 Å². The normalized spacial score (nSPS) is 16.2. The summed E-state index contributed by atoms with van der Waals surface area (Å²) in [5.74, 6) is 2.71. The third-order valence-corrected chi connectivity index (χ3v) is 4.76. The Bertz CT molecular complexity index is 513. The van der Waals surface area contributed by atoms with E-state index >= 15 is 0 Å². The SMILES string of the molecule is CC(C)Cc1c(OC(N)=O)ccc(C2CCSCC2)c1F. The third kappa shape index (κ3) is 4.13. The van der Waals surface area contributed by atoms with Gasteiger partial charge in [0.05, 0.1) is 0 Å². The molecule has 21 heavy (non-hydrogen) atoms. The van der Waals surface area contributed by atoms with E-state index in [4.69, 9.17) is 10.5 Å². The summed E-state index contributed by atoms with van der Waals surface area (Å²) in [6, 6.07) is 3.43. The quantitative estimate of drug-likeness (QED) is 0.911. The maximum Gasteiger partial charge on any atom is 0.409 e. The van der Waals surface area contributed by atoms with E-state index in [0.717, 1.165) is 29.9 Å². The van der Waals surface area contributed by atoms with Gasteiger partial charge < -0.3 is 10.5 Å². The topological polar surface area (TPSA) is 52.3 Å². The summed E-state index contributed by atoms with van der Waals surface area (Å²) in [6.45, 7) is 4.02. The highest BCUT2D eigenvalue weighted by Crippen LogP contribution is 2.37. The van der Waals surface area contributed by atoms with Crippen molar-refractivity contribution in [1.82, 2.24) is 0 Å². The second-order valence-corrected chi connectivity index (χ2v) is 7.08. The lowest BCUT2D eigenvalue weighted by Gasteiger charge is -2.24. The van der Waals surface area contributed by atoms with Crippen LogP contribution in [0.25, 0.3) is 0 Å². The van der Waals surface area contributed by atoms with E-state index in [2.05, 4.69) is 0 Å². The number of nitrogens with two attached hydrogens (primary N) is 1. The van der Waals surface area contributed by atoms with Gasteiger partial charge in [-0.15, -0.1) is 0 Å². The maximum absolute atomic E-state index is 14.9. The van der Waals surface area contributed by atoms with Crippen molar-refractivity contribution in [3.8, 4) is 5.75 Å². The molecule has 0 saturated carbocycles. The van der Waals surface area contributed by atoms with Gasteiger partial charge in [0.1, 0.15) is 11.6 Å². The van der Waals surface area contributed by atoms with Gasteiger partial charge in [0, 0.05) is 5.56 Å². The van der Waals surface area contributed by atoms with Crippen LogP contribution >= 0.6 is 11.8 Å². The molecule has 1 amide bonds. The number of halogens is 1. The first kappa shape index (κ1) is 16.1. The average Bonchev–Trinajstić information content (AvgIpc) is 2.43. The van der Waals surface area contributed by atoms with E-state index in [9.17, 15) is 9.18 Å². The molecule has 0 aliphatic carbocycles. The molecule has 0 aromatic heterocycles. The van der Waals surface area contributed by atoms with Gasteiger partial charge in [0.15, 0.2) is 0 Å². The van der Waals surface area contributed by atoms with Crippen LogP contribution in [0.1, 0.15) is 43.7 Å². The van der Waals surface area contributed by atoms with Crippen molar-refractivity contribution in [1.29, 1.82) is 0 Å². The zero-order valence-corrected chi connectivity index (χ0v) is 13.3. The lowest BCUT2D eigenvalue weighted by Crippen LogP contribution is -2.19. The summed E-state index contributed by atoms with van der Waals surface area (Å²) in [5.41, 5.74) is 6.29. The first-order chi connectivity index (χ1) is 9.99. The Kier molecular flexibility index (Phi) is 5.51. The van der Waals surface area contributed by atoms with E-state index < -0.39 is 6.09 Å². The number of carbonyl (C=O) groups is 1. The molecule has 116 valence electrons. The Morgan fingerprint density at radius 2 is 2.10 bits per heavy atom. The highest BCUT2D eigenvalue weighted by molar-refractivity contribution is 7.99. The number of amides is 1. The van der Waals surface area contributed by atoms with Crippen LogP contribution in [0.4, 0.5) is 9.18 Å². The minimum absolute atomic E-state index is 0.223. The molecule has 1 saturated heterocycles. The Labute approximate surface area is 129 Å². The highest BCUT2D eigenvalue weighted by Gasteiger charge is 2.23. The van der Waals surface area contributed by atoms with Crippen molar-refractivity contribution in [2.45, 2.75) is 39.0 Å². The molecular formula is C16H22FNO2S. The van der Waals surface area contributed by atoms with Gasteiger partial charge in [0.2, 0.25) is 0 Å². The van der Waals surface area contributed by atoms with E-state index in [1.807, 2.05) is 25.6 Å². The Morgan fingerprint density at radius 1 is 1.43 bits per heavy atom. The summed E-state index contributed by atoms with van der Waals surface area (Å²) in [4.78, 5) is 11.0. The zero-order chi connectivity index (χ0) is 15.4. The molecule has 1 aromatic carbocycles. The van der Waals surface area contributed by atoms with Crippen LogP contribution in [0.5, 0.6) is 5.75 Å². The van der Waals surface area contributed by atoms with Gasteiger partial charge in [-0.25, -0.2) is 9.18 Å². The largest absolute Gasteiger partial charge is 0.410 e. The first-order valence-electron chi connectivity index (χ1n) is 7.35. The molecule has 1 aliphatic heterocycles. The van der Waals surface area contributed by atoms with Crippen LogP contribution < -0.4 is 10.5 Å². The zero-order valence-electron chi connectivity index (χ0n) is 12.5. The Morgan fingerprint density at radius 3 is 2.67 bits per heavy atom. The van der Waals surface area contributed by atoms with Gasteiger partial charge in [-0.2, -0.15) is 11.8 Å². The van der Waals surface area contributed by atoms with Crippen LogP contribution in [-0.2, 0) is 6.42 Å². The number of carbonyl (C=O) groups excluding carboxylic acids is 1. The molecule has 1 aliphatic rings. The van der Waals surface area contributed by atoms with Crippen LogP contribution in [-0.4, -0.2) is 17.6 Å². The Balaban J connectivity index is 2.37. The smallest absolute Gasteiger partial charge is 0.409 e. The summed E-state index contributed by atoms with van der Waals surface area (Å²) < 4.78 is 19.9. The fourth-order valence-electron chi connectivity index (χ4n) is 2.75. The number of ether oxygens (including phenoxy) is 1. The molecule has 3 nitrogen and oxygen atoms in total. The van der Waals surface area contributed by atoms with Gasteiger partial charge in [-0.3, -0.25) is 0 Å². The van der Waals surface area contributed by atoms with Crippen molar-refractivity contribution in [2.24, 2.45) is 11.7 Å². The number of thioether (sulfide) groups is 1. The van der Waals surface area contributed by atoms with Gasteiger partial charge >= 0.3 is 6.09 Å². The molecular weight excluding hydrogens is 289 g/mol. The summed E-state index contributed by atoms with van der Waals surface area (Å²) in [7, 11) is 0. The molecule has 0 radical (unpaired) electrons. The van der Waals surface area contributed by atoms with Crippen LogP contribution in [0.15, 0.2) is 12.1 Å². The molecule has 1 aromatic rings. The maximum atomic E-state index is 14.9. The molecule has 2 N–H and O–H groups in total. The predicted molar refractivity (Wildman–Crippen MR) is 84.5 cm³/mol. The average molecular weight is 311 g/mol. The summed E-state index contributed by atoms with van der Waals surface area (Å²) in [6.07, 6.45) is 1.63. The van der Waals surface area contributed by atoms with Gasteiger partial charge in [-0.1, -0.05) is 19.9 Å². The van der Waals surface area contributed by atoms with Crippen molar-refractivity contribution < 1.29 is 13.9 Å². The van der Waals surface area contributed by atoms with Crippen molar-refractivity contribution in [2.75, 3.05) is 11.5 Å². The molecule has 0 spiro atoms. The van der Waals surface area contributed by atoms with E-state index in [0.29, 0.717) is 12.0 Å². The molecule has 1 heterocycles. The Hall–Kier alpha value is -1.23. The van der Waals surface area contributed by atoms with Crippen LogP contribution in [0.2, 0.25) is 0 Å². The van der Waals surface area contributed by atoms with Crippen LogP contribution in [0, 0.1) is 11.7 Å². The standard InChI is InChI=1S/C16H22FNO2S/c1-10(2)9-13-14(20-16(18)19)4-3-12(15(13)17)11-5-7-21-8-6-11/h3-4,10-11H,5-9H2,1-2H3,(H2,18,19). The molecule has 1 fully saturated rings. The highest BCUT2D eigenvalue weighted by atomic mass is 32.2. The molecule has 5 heteroatoms. The van der Waals surface area contributed by atoms with Gasteiger partial charge in [-0.05, 0) is 54.2 Å². The number of hydrogen-bond donors (Lipinski definition) is 1. The molecule has 0 atom stereocenters. The van der Waals surface area contributed by atoms with Crippen molar-refractivity contribution in [3.05, 3.63) is 29.1 Å². The third-order valence-electron chi connectivity index (χ3n) is 3.71. The number of primary amides is 1. The fourth-order valence-corrected chi connectivity index (χ4v) is 3.85. The van der Waals surface area contributed by atoms with E-state index in [1.165, 1.54) is 0 Å². The summed E-state index contributed by atoms with van der Waals surface area (Å²) >= 11 is 1.92. The van der Waals surface area contributed by atoms with E-state index in [-0.39, 0.29) is 23.4 Å². The molecule has 0 unspecified atom stereocenters.